The quantitative estimate of drug-likeness (QED) is 0.441. The Morgan fingerprint density at radius 3 is 1.82 bits per heavy atom. The third-order valence-corrected chi connectivity index (χ3v) is 4.68. The Morgan fingerprint density at radius 2 is 1.25 bits per heavy atom. The predicted molar refractivity (Wildman–Crippen MR) is 109 cm³/mol. The van der Waals surface area contributed by atoms with Gasteiger partial charge in [-0.25, -0.2) is 4.79 Å². The number of phenols is 2. The van der Waals surface area contributed by atoms with Crippen LogP contribution in [-0.4, -0.2) is 105 Å². The van der Waals surface area contributed by atoms with Crippen molar-refractivity contribution in [2.24, 2.45) is 0 Å². The van der Waals surface area contributed by atoms with E-state index in [1.807, 2.05) is 12.1 Å². The van der Waals surface area contributed by atoms with Gasteiger partial charge in [-0.2, -0.15) is 0 Å². The fraction of sp³-hybridized carbons (Fsp3) is 0.0500. The van der Waals surface area contributed by atoms with Crippen molar-refractivity contribution in [2.75, 3.05) is 0 Å². The molecular weight excluding hydrogens is 389 g/mol. The number of ether oxygens (including phenoxy) is 2. The summed E-state index contributed by atoms with van der Waals surface area (Å²) < 4.78 is 11.8. The molecule has 2 aliphatic heterocycles. The molecule has 3 aromatic carbocycles. The summed E-state index contributed by atoms with van der Waals surface area (Å²) in [6, 6.07) is 16.6. The Hall–Kier alpha value is -0.470. The predicted octanol–water partition coefficient (Wildman–Crippen LogP) is 1.72. The van der Waals surface area contributed by atoms with Gasteiger partial charge in [-0.3, -0.25) is 0 Å². The molecular formula is C20H15Na3O5. The average Bonchev–Trinajstić information content (AvgIpc) is 2.88. The van der Waals surface area contributed by atoms with Crippen molar-refractivity contribution in [1.29, 1.82) is 0 Å². The van der Waals surface area contributed by atoms with E-state index in [0.29, 0.717) is 33.8 Å². The fourth-order valence-electron chi connectivity index (χ4n) is 3.65. The van der Waals surface area contributed by atoms with Crippen LogP contribution in [0.2, 0.25) is 0 Å². The zero-order valence-electron chi connectivity index (χ0n) is 12.9. The van der Waals surface area contributed by atoms with Gasteiger partial charge in [0.15, 0.2) is 5.60 Å². The molecule has 2 aliphatic rings. The average molecular weight is 404 g/mol. The Bertz CT molecular complexity index is 1020. The van der Waals surface area contributed by atoms with Gasteiger partial charge in [0, 0.05) is 28.8 Å². The number of benzene rings is 3. The van der Waals surface area contributed by atoms with Crippen LogP contribution >= 0.6 is 0 Å². The molecule has 2 heterocycles. The van der Waals surface area contributed by atoms with Crippen molar-refractivity contribution in [3.05, 3.63) is 82.9 Å². The Morgan fingerprint density at radius 1 is 0.714 bits per heavy atom. The van der Waals surface area contributed by atoms with Gasteiger partial charge >= 0.3 is 94.6 Å². The number of carbonyl (C=O) groups excluding carboxylic acids is 1. The summed E-state index contributed by atoms with van der Waals surface area (Å²) >= 11 is 0. The molecule has 0 bridgehead atoms. The van der Waals surface area contributed by atoms with E-state index in [2.05, 4.69) is 0 Å². The van der Waals surface area contributed by atoms with Gasteiger partial charge in [0.1, 0.15) is 23.0 Å². The third kappa shape index (κ3) is 3.37. The fourth-order valence-corrected chi connectivity index (χ4v) is 3.65. The van der Waals surface area contributed by atoms with E-state index in [1.165, 1.54) is 24.3 Å². The van der Waals surface area contributed by atoms with E-state index in [1.54, 1.807) is 24.3 Å². The SMILES string of the molecule is O=C1OC2(c3ccc(O)cc3Oc3cc(O)ccc32)c2ccccc21.[NaH].[NaH].[NaH]. The number of hydrogen-bond acceptors (Lipinski definition) is 5. The van der Waals surface area contributed by atoms with Gasteiger partial charge in [-0.15, -0.1) is 0 Å². The molecule has 0 atom stereocenters. The van der Waals surface area contributed by atoms with Crippen molar-refractivity contribution in [2.45, 2.75) is 5.60 Å². The van der Waals surface area contributed by atoms with Crippen LogP contribution in [0, 0.1) is 0 Å². The number of rotatable bonds is 0. The van der Waals surface area contributed by atoms with Crippen molar-refractivity contribution in [3.8, 4) is 23.0 Å². The zero-order valence-corrected chi connectivity index (χ0v) is 12.9. The number of carbonyl (C=O) groups is 1. The molecule has 8 heteroatoms. The molecule has 28 heavy (non-hydrogen) atoms. The number of esters is 1. The first-order valence-corrected chi connectivity index (χ1v) is 7.77. The summed E-state index contributed by atoms with van der Waals surface area (Å²) in [6.45, 7) is 0. The molecule has 0 unspecified atom stereocenters. The molecule has 3 aromatic rings. The Balaban J connectivity index is 0.000000934. The molecule has 0 amide bonds. The number of phenolic OH excluding ortho intramolecular Hbond substituents is 2. The maximum atomic E-state index is 12.5. The van der Waals surface area contributed by atoms with Crippen LogP contribution in [0.3, 0.4) is 0 Å². The van der Waals surface area contributed by atoms with Gasteiger partial charge in [0.05, 0.1) is 5.56 Å². The van der Waals surface area contributed by atoms with E-state index in [0.717, 1.165) is 0 Å². The van der Waals surface area contributed by atoms with Crippen molar-refractivity contribution < 1.29 is 24.5 Å². The van der Waals surface area contributed by atoms with Gasteiger partial charge in [0.2, 0.25) is 0 Å². The first-order chi connectivity index (χ1) is 12.1. The van der Waals surface area contributed by atoms with E-state index >= 15 is 0 Å². The van der Waals surface area contributed by atoms with Crippen molar-refractivity contribution in [3.63, 3.8) is 0 Å². The number of hydrogen-bond donors (Lipinski definition) is 2. The monoisotopic (exact) mass is 404 g/mol. The zero-order chi connectivity index (χ0) is 17.2. The second-order valence-corrected chi connectivity index (χ2v) is 6.08. The van der Waals surface area contributed by atoms with Crippen molar-refractivity contribution in [1.82, 2.24) is 0 Å². The minimum absolute atomic E-state index is 0. The summed E-state index contributed by atoms with van der Waals surface area (Å²) in [5.74, 6) is 0.408. The molecule has 5 nitrogen and oxygen atoms in total. The number of aromatic hydroxyl groups is 2. The van der Waals surface area contributed by atoms with Crippen LogP contribution in [0.1, 0.15) is 27.0 Å². The molecule has 1 spiro atoms. The summed E-state index contributed by atoms with van der Waals surface area (Å²) in [6.07, 6.45) is 0. The van der Waals surface area contributed by atoms with Gasteiger partial charge < -0.3 is 19.7 Å². The molecule has 5 rings (SSSR count). The molecule has 0 fully saturated rings. The first kappa shape index (κ1) is 23.8. The normalized spacial score (nSPS) is 14.1. The molecule has 0 saturated carbocycles. The first-order valence-electron chi connectivity index (χ1n) is 7.77. The summed E-state index contributed by atoms with van der Waals surface area (Å²) in [5.41, 5.74) is 1.28. The van der Waals surface area contributed by atoms with Gasteiger partial charge in [-0.1, -0.05) is 18.2 Å². The van der Waals surface area contributed by atoms with E-state index in [4.69, 9.17) is 9.47 Å². The van der Waals surface area contributed by atoms with Crippen LogP contribution in [0.5, 0.6) is 23.0 Å². The Kier molecular flexibility index (Phi) is 7.41. The Labute approximate surface area is 227 Å². The van der Waals surface area contributed by atoms with E-state index in [-0.39, 0.29) is 100 Å². The molecule has 0 aliphatic carbocycles. The van der Waals surface area contributed by atoms with Crippen LogP contribution < -0.4 is 4.74 Å². The van der Waals surface area contributed by atoms with Crippen LogP contribution in [-0.2, 0) is 10.3 Å². The van der Waals surface area contributed by atoms with Gasteiger partial charge in [-0.05, 0) is 30.3 Å². The number of fused-ring (bicyclic) bond motifs is 6. The molecule has 0 saturated heterocycles. The molecule has 0 aromatic heterocycles. The van der Waals surface area contributed by atoms with E-state index < -0.39 is 11.6 Å². The van der Waals surface area contributed by atoms with E-state index in [9.17, 15) is 15.0 Å². The molecule has 128 valence electrons. The molecule has 2 N–H and O–H groups in total. The van der Waals surface area contributed by atoms with Crippen LogP contribution in [0.25, 0.3) is 0 Å². The third-order valence-electron chi connectivity index (χ3n) is 4.68. The minimum atomic E-state index is -1.17. The summed E-state index contributed by atoms with van der Waals surface area (Å²) in [4.78, 5) is 12.5. The molecule has 0 radical (unpaired) electrons. The van der Waals surface area contributed by atoms with Crippen LogP contribution in [0.15, 0.2) is 60.7 Å². The second kappa shape index (κ2) is 8.72. The van der Waals surface area contributed by atoms with Crippen molar-refractivity contribution >= 4 is 94.6 Å². The second-order valence-electron chi connectivity index (χ2n) is 6.08. The van der Waals surface area contributed by atoms with Gasteiger partial charge in [0.25, 0.3) is 0 Å². The topological polar surface area (TPSA) is 76.0 Å². The summed E-state index contributed by atoms with van der Waals surface area (Å²) in [7, 11) is 0. The summed E-state index contributed by atoms with van der Waals surface area (Å²) in [5, 5.41) is 19.7. The van der Waals surface area contributed by atoms with Crippen LogP contribution in [0.4, 0.5) is 0 Å². The standard InChI is InChI=1S/C20H12O5.3Na.3H/c21-11-5-7-15-17(9-11)24-18-10-12(22)6-8-16(18)20(15)14-4-2-1-3-13(14)19(23)25-20;;;;;;/h1-10,21-22H;;;;;;. The maximum absolute atomic E-state index is 12.5.